The van der Waals surface area contributed by atoms with Gasteiger partial charge in [0.1, 0.15) is 0 Å². The number of aryl methyl sites for hydroxylation is 3. The molecule has 0 aliphatic rings. The summed E-state index contributed by atoms with van der Waals surface area (Å²) in [6, 6.07) is 13.8. The van der Waals surface area contributed by atoms with Gasteiger partial charge in [-0.15, -0.1) is 0 Å². The molecule has 0 radical (unpaired) electrons. The second-order valence-electron chi connectivity index (χ2n) is 5.62. The molecule has 0 bridgehead atoms. The van der Waals surface area contributed by atoms with Gasteiger partial charge in [0.25, 0.3) is 0 Å². The summed E-state index contributed by atoms with van der Waals surface area (Å²) in [5, 5.41) is 21.3. The van der Waals surface area contributed by atoms with Crippen molar-refractivity contribution in [3.63, 3.8) is 0 Å². The topological polar surface area (TPSA) is 40.5 Å². The van der Waals surface area contributed by atoms with Crippen LogP contribution in [0.25, 0.3) is 21.9 Å². The second kappa shape index (κ2) is 4.81. The molecule has 2 nitrogen and oxygen atoms in total. The van der Waals surface area contributed by atoms with Crippen LogP contribution < -0.4 is 0 Å². The normalized spacial score (nSPS) is 11.0. The van der Waals surface area contributed by atoms with E-state index in [-0.39, 0.29) is 11.5 Å². The maximum atomic E-state index is 9.76. The van der Waals surface area contributed by atoms with Crippen molar-refractivity contribution in [2.75, 3.05) is 0 Å². The van der Waals surface area contributed by atoms with E-state index in [0.717, 1.165) is 21.9 Å². The van der Waals surface area contributed by atoms with Gasteiger partial charge in [0.15, 0.2) is 11.5 Å². The van der Waals surface area contributed by atoms with Crippen LogP contribution in [0.2, 0.25) is 0 Å². The van der Waals surface area contributed by atoms with Crippen LogP contribution in [0.1, 0.15) is 16.7 Å². The largest absolute Gasteiger partial charge is 0.504 e. The van der Waals surface area contributed by atoms with Crippen LogP contribution in [0.15, 0.2) is 42.5 Å². The van der Waals surface area contributed by atoms with E-state index in [0.29, 0.717) is 0 Å². The van der Waals surface area contributed by atoms with Crippen LogP contribution in [-0.2, 0) is 0 Å². The van der Waals surface area contributed by atoms with Gasteiger partial charge in [-0.25, -0.2) is 0 Å². The van der Waals surface area contributed by atoms with Gasteiger partial charge in [-0.2, -0.15) is 0 Å². The first-order valence-corrected chi connectivity index (χ1v) is 7.00. The number of rotatable bonds is 1. The highest BCUT2D eigenvalue weighted by atomic mass is 16.3. The Morgan fingerprint density at radius 1 is 0.762 bits per heavy atom. The highest BCUT2D eigenvalue weighted by Gasteiger charge is 2.12. The Morgan fingerprint density at radius 2 is 1.38 bits per heavy atom. The van der Waals surface area contributed by atoms with Gasteiger partial charge in [-0.3, -0.25) is 0 Å². The Morgan fingerprint density at radius 3 is 2.05 bits per heavy atom. The molecule has 2 heteroatoms. The zero-order valence-electron chi connectivity index (χ0n) is 12.4. The molecular formula is C19H18O2. The zero-order valence-corrected chi connectivity index (χ0v) is 12.4. The molecule has 0 aliphatic heterocycles. The predicted molar refractivity (Wildman–Crippen MR) is 86.9 cm³/mol. The van der Waals surface area contributed by atoms with Crippen LogP contribution in [-0.4, -0.2) is 10.2 Å². The van der Waals surface area contributed by atoms with Crippen molar-refractivity contribution in [2.24, 2.45) is 0 Å². The van der Waals surface area contributed by atoms with E-state index >= 15 is 0 Å². The molecule has 0 amide bonds. The van der Waals surface area contributed by atoms with Gasteiger partial charge >= 0.3 is 0 Å². The van der Waals surface area contributed by atoms with E-state index in [9.17, 15) is 10.2 Å². The Kier molecular flexibility index (Phi) is 3.09. The minimum Gasteiger partial charge on any atom is -0.504 e. The van der Waals surface area contributed by atoms with E-state index in [1.807, 2.05) is 0 Å². The molecule has 21 heavy (non-hydrogen) atoms. The molecule has 0 atom stereocenters. The highest BCUT2D eigenvalue weighted by Crippen LogP contribution is 2.37. The van der Waals surface area contributed by atoms with Crippen LogP contribution in [0.5, 0.6) is 11.5 Å². The van der Waals surface area contributed by atoms with Crippen molar-refractivity contribution in [3.05, 3.63) is 59.2 Å². The Labute approximate surface area is 124 Å². The fourth-order valence-electron chi connectivity index (χ4n) is 2.94. The molecule has 3 aromatic carbocycles. The number of fused-ring (bicyclic) bond motifs is 1. The third-order valence-corrected chi connectivity index (χ3v) is 4.03. The second-order valence-corrected chi connectivity index (χ2v) is 5.62. The number of aromatic hydroxyl groups is 2. The van der Waals surface area contributed by atoms with Gasteiger partial charge in [0.2, 0.25) is 0 Å². The summed E-state index contributed by atoms with van der Waals surface area (Å²) in [5.74, 6) is -0.159. The molecule has 106 valence electrons. The fraction of sp³-hybridized carbons (Fsp3) is 0.158. The first kappa shape index (κ1) is 13.5. The summed E-state index contributed by atoms with van der Waals surface area (Å²) in [7, 11) is 0. The van der Waals surface area contributed by atoms with Crippen LogP contribution >= 0.6 is 0 Å². The molecule has 0 saturated heterocycles. The first-order valence-electron chi connectivity index (χ1n) is 7.00. The van der Waals surface area contributed by atoms with Crippen LogP contribution in [0.3, 0.4) is 0 Å². The molecule has 0 spiro atoms. The zero-order chi connectivity index (χ0) is 15.1. The average Bonchev–Trinajstić information content (AvgIpc) is 2.43. The summed E-state index contributed by atoms with van der Waals surface area (Å²) >= 11 is 0. The van der Waals surface area contributed by atoms with Gasteiger partial charge in [0, 0.05) is 0 Å². The average molecular weight is 278 g/mol. The van der Waals surface area contributed by atoms with Crippen molar-refractivity contribution in [2.45, 2.75) is 20.8 Å². The number of benzene rings is 3. The van der Waals surface area contributed by atoms with Gasteiger partial charge in [0.05, 0.1) is 0 Å². The highest BCUT2D eigenvalue weighted by molar-refractivity contribution is 5.95. The molecular weight excluding hydrogens is 260 g/mol. The summed E-state index contributed by atoms with van der Waals surface area (Å²) in [4.78, 5) is 0. The summed E-state index contributed by atoms with van der Waals surface area (Å²) in [5.41, 5.74) is 5.87. The van der Waals surface area contributed by atoms with E-state index in [2.05, 4.69) is 51.1 Å². The van der Waals surface area contributed by atoms with E-state index < -0.39 is 0 Å². The third-order valence-electron chi connectivity index (χ3n) is 4.03. The van der Waals surface area contributed by atoms with E-state index in [1.54, 1.807) is 12.1 Å². The Bertz CT molecular complexity index is 831. The molecule has 0 aliphatic carbocycles. The van der Waals surface area contributed by atoms with Crippen LogP contribution in [0, 0.1) is 20.8 Å². The Balaban J connectivity index is 2.33. The summed E-state index contributed by atoms with van der Waals surface area (Å²) in [6.45, 7) is 6.21. The number of phenolic OH excluding ortho intramolecular Hbond substituents is 2. The molecule has 0 unspecified atom stereocenters. The quantitative estimate of drug-likeness (QED) is 0.625. The number of hydrogen-bond donors (Lipinski definition) is 2. The maximum Gasteiger partial charge on any atom is 0.158 e. The van der Waals surface area contributed by atoms with Crippen LogP contribution in [0.4, 0.5) is 0 Å². The van der Waals surface area contributed by atoms with E-state index in [1.165, 1.54) is 16.7 Å². The van der Waals surface area contributed by atoms with Crippen molar-refractivity contribution in [1.29, 1.82) is 0 Å². The van der Waals surface area contributed by atoms with Gasteiger partial charge < -0.3 is 10.2 Å². The standard InChI is InChI=1S/C19H18O2/c1-11-4-6-14(7-5-11)19-12(2)8-15-9-17(20)18(21)10-16(15)13(19)3/h4-10,20-21H,1-3H3. The summed E-state index contributed by atoms with van der Waals surface area (Å²) < 4.78 is 0. The number of phenols is 2. The minimum absolute atomic E-state index is 0.0793. The monoisotopic (exact) mass is 278 g/mol. The molecule has 2 N–H and O–H groups in total. The summed E-state index contributed by atoms with van der Waals surface area (Å²) in [6.07, 6.45) is 0. The minimum atomic E-state index is -0.0793. The van der Waals surface area contributed by atoms with E-state index in [4.69, 9.17) is 0 Å². The van der Waals surface area contributed by atoms with Crippen molar-refractivity contribution in [3.8, 4) is 22.6 Å². The van der Waals surface area contributed by atoms with Crippen molar-refractivity contribution < 1.29 is 10.2 Å². The van der Waals surface area contributed by atoms with Crippen molar-refractivity contribution in [1.82, 2.24) is 0 Å². The SMILES string of the molecule is Cc1ccc(-c2c(C)cc3cc(O)c(O)cc3c2C)cc1. The third kappa shape index (κ3) is 2.23. The first-order chi connectivity index (χ1) is 9.97. The lowest BCUT2D eigenvalue weighted by Gasteiger charge is -2.14. The lowest BCUT2D eigenvalue weighted by molar-refractivity contribution is 0.405. The molecule has 0 heterocycles. The predicted octanol–water partition coefficient (Wildman–Crippen LogP) is 4.84. The fourth-order valence-corrected chi connectivity index (χ4v) is 2.94. The maximum absolute atomic E-state index is 9.76. The molecule has 0 aromatic heterocycles. The molecule has 3 rings (SSSR count). The lowest BCUT2D eigenvalue weighted by Crippen LogP contribution is -1.91. The smallest absolute Gasteiger partial charge is 0.158 e. The molecule has 0 fully saturated rings. The van der Waals surface area contributed by atoms with Crippen molar-refractivity contribution >= 4 is 10.8 Å². The van der Waals surface area contributed by atoms with Gasteiger partial charge in [-0.05, 0) is 65.9 Å². The molecule has 0 saturated carbocycles. The number of hydrogen-bond acceptors (Lipinski definition) is 2. The lowest BCUT2D eigenvalue weighted by atomic mass is 9.90. The Hall–Kier alpha value is -2.48. The van der Waals surface area contributed by atoms with Gasteiger partial charge in [-0.1, -0.05) is 35.9 Å². The molecule has 3 aromatic rings.